The molecule has 214 valence electrons. The topological polar surface area (TPSA) is 90.9 Å². The third-order valence-electron chi connectivity index (χ3n) is 7.33. The summed E-state index contributed by atoms with van der Waals surface area (Å²) < 4.78 is 32.4. The average Bonchev–Trinajstić information content (AvgIpc) is 2.87. The number of halogens is 2. The first-order valence-electron chi connectivity index (χ1n) is 13.4. The number of carbonyl (C=O) groups excluding carboxylic acids is 2. The highest BCUT2D eigenvalue weighted by Crippen LogP contribution is 2.33. The Morgan fingerprint density at radius 3 is 2.31 bits per heavy atom. The molecule has 1 saturated heterocycles. The van der Waals surface area contributed by atoms with Gasteiger partial charge in [0.05, 0.1) is 19.3 Å². The van der Waals surface area contributed by atoms with Gasteiger partial charge in [-0.05, 0) is 59.4 Å². The first-order chi connectivity index (χ1) is 18.4. The molecule has 2 aromatic carbocycles. The highest BCUT2D eigenvalue weighted by atomic mass is 19.1. The van der Waals surface area contributed by atoms with Crippen molar-refractivity contribution in [2.24, 2.45) is 5.92 Å². The Labute approximate surface area is 229 Å². The number of methoxy groups -OCH3 is 1. The highest BCUT2D eigenvalue weighted by molar-refractivity contribution is 5.73. The lowest BCUT2D eigenvalue weighted by atomic mass is 9.81. The molecular formula is C30H41F2N3O4. The standard InChI is InChI=1S/C30H41F2N3O4/c1-19(36)34-26(15-20-13-24(31)17-25(32)14-20)27(37)18-33-28(21-9-11-35(12-10-21)29(38)39-5)22-7-6-8-23(16-22)30(2,3)4/h6-8,13-14,16-17,21,26-28,33,37H,9-12,15,18H2,1-5H3,(H,34,36). The molecule has 9 heteroatoms. The number of rotatable bonds is 9. The van der Waals surface area contributed by atoms with Gasteiger partial charge in [0.2, 0.25) is 5.91 Å². The zero-order chi connectivity index (χ0) is 28.7. The van der Waals surface area contributed by atoms with Gasteiger partial charge in [0.25, 0.3) is 0 Å². The number of carbonyl (C=O) groups is 2. The molecule has 39 heavy (non-hydrogen) atoms. The summed E-state index contributed by atoms with van der Waals surface area (Å²) >= 11 is 0. The smallest absolute Gasteiger partial charge is 0.409 e. The molecular weight excluding hydrogens is 504 g/mol. The zero-order valence-corrected chi connectivity index (χ0v) is 23.5. The minimum absolute atomic E-state index is 0.0505. The lowest BCUT2D eigenvalue weighted by molar-refractivity contribution is -0.120. The van der Waals surface area contributed by atoms with Crippen LogP contribution in [-0.4, -0.2) is 60.9 Å². The minimum Gasteiger partial charge on any atom is -0.453 e. The summed E-state index contributed by atoms with van der Waals surface area (Å²) in [5.74, 6) is -1.59. The summed E-state index contributed by atoms with van der Waals surface area (Å²) in [7, 11) is 1.38. The second-order valence-electron chi connectivity index (χ2n) is 11.4. The van der Waals surface area contributed by atoms with Crippen molar-refractivity contribution >= 4 is 12.0 Å². The Morgan fingerprint density at radius 2 is 1.74 bits per heavy atom. The molecule has 0 bridgehead atoms. The maximum Gasteiger partial charge on any atom is 0.409 e. The fourth-order valence-electron chi connectivity index (χ4n) is 5.22. The van der Waals surface area contributed by atoms with Crippen molar-refractivity contribution in [2.75, 3.05) is 26.7 Å². The molecule has 2 amide bonds. The average molecular weight is 546 g/mol. The van der Waals surface area contributed by atoms with Crippen LogP contribution in [0.5, 0.6) is 0 Å². The Balaban J connectivity index is 1.81. The van der Waals surface area contributed by atoms with Gasteiger partial charge in [-0.15, -0.1) is 0 Å². The lowest BCUT2D eigenvalue weighted by Gasteiger charge is -2.37. The van der Waals surface area contributed by atoms with Crippen molar-refractivity contribution in [2.45, 2.75) is 70.6 Å². The van der Waals surface area contributed by atoms with Gasteiger partial charge in [0.1, 0.15) is 11.6 Å². The normalized spacial score (nSPS) is 16.9. The third-order valence-corrected chi connectivity index (χ3v) is 7.33. The number of amides is 2. The maximum atomic E-state index is 13.8. The van der Waals surface area contributed by atoms with Crippen LogP contribution in [0.15, 0.2) is 42.5 Å². The summed E-state index contributed by atoms with van der Waals surface area (Å²) in [6, 6.07) is 10.7. The summed E-state index contributed by atoms with van der Waals surface area (Å²) in [5, 5.41) is 17.4. The Morgan fingerprint density at radius 1 is 1.10 bits per heavy atom. The predicted octanol–water partition coefficient (Wildman–Crippen LogP) is 4.48. The number of nitrogens with zero attached hydrogens (tertiary/aromatic N) is 1. The second-order valence-corrected chi connectivity index (χ2v) is 11.4. The summed E-state index contributed by atoms with van der Waals surface area (Å²) in [6.07, 6.45) is 0.207. The first kappa shape index (κ1) is 30.5. The van der Waals surface area contributed by atoms with Gasteiger partial charge in [-0.2, -0.15) is 0 Å². The third kappa shape index (κ3) is 8.73. The molecule has 1 fully saturated rings. The first-order valence-corrected chi connectivity index (χ1v) is 13.4. The number of aliphatic hydroxyl groups is 1. The molecule has 1 aliphatic rings. The largest absolute Gasteiger partial charge is 0.453 e. The molecule has 0 spiro atoms. The molecule has 0 radical (unpaired) electrons. The van der Waals surface area contributed by atoms with Gasteiger partial charge in [0.15, 0.2) is 0 Å². The van der Waals surface area contributed by atoms with Crippen molar-refractivity contribution in [1.29, 1.82) is 0 Å². The van der Waals surface area contributed by atoms with Gasteiger partial charge in [-0.25, -0.2) is 13.6 Å². The van der Waals surface area contributed by atoms with Crippen molar-refractivity contribution in [3.63, 3.8) is 0 Å². The van der Waals surface area contributed by atoms with E-state index >= 15 is 0 Å². The van der Waals surface area contributed by atoms with Gasteiger partial charge in [-0.1, -0.05) is 45.0 Å². The number of hydrogen-bond acceptors (Lipinski definition) is 5. The molecule has 3 unspecified atom stereocenters. The van der Waals surface area contributed by atoms with Gasteiger partial charge >= 0.3 is 6.09 Å². The monoisotopic (exact) mass is 545 g/mol. The summed E-state index contributed by atoms with van der Waals surface area (Å²) in [5.41, 5.74) is 2.55. The molecule has 3 atom stereocenters. The van der Waals surface area contributed by atoms with Crippen molar-refractivity contribution in [3.8, 4) is 0 Å². The lowest BCUT2D eigenvalue weighted by Crippen LogP contribution is -2.49. The van der Waals surface area contributed by atoms with Crippen LogP contribution >= 0.6 is 0 Å². The fraction of sp³-hybridized carbons (Fsp3) is 0.533. The number of piperidine rings is 1. The van der Waals surface area contributed by atoms with Crippen molar-refractivity contribution < 1.29 is 28.2 Å². The van der Waals surface area contributed by atoms with Crippen LogP contribution in [0.4, 0.5) is 13.6 Å². The van der Waals surface area contributed by atoms with E-state index in [0.717, 1.165) is 24.5 Å². The zero-order valence-electron chi connectivity index (χ0n) is 23.5. The fourth-order valence-corrected chi connectivity index (χ4v) is 5.22. The van der Waals surface area contributed by atoms with E-state index in [0.29, 0.717) is 18.7 Å². The van der Waals surface area contributed by atoms with Crippen LogP contribution in [0.3, 0.4) is 0 Å². The van der Waals surface area contributed by atoms with E-state index < -0.39 is 23.8 Å². The maximum absolute atomic E-state index is 13.8. The van der Waals surface area contributed by atoms with Crippen LogP contribution in [-0.2, 0) is 21.4 Å². The van der Waals surface area contributed by atoms with Gasteiger partial charge < -0.3 is 25.4 Å². The van der Waals surface area contributed by atoms with Crippen molar-refractivity contribution in [1.82, 2.24) is 15.5 Å². The van der Waals surface area contributed by atoms with E-state index in [1.165, 1.54) is 31.7 Å². The van der Waals surface area contributed by atoms with E-state index in [4.69, 9.17) is 4.74 Å². The number of nitrogens with one attached hydrogen (secondary N) is 2. The Kier molecular flexibility index (Phi) is 10.4. The molecule has 1 heterocycles. The van der Waals surface area contributed by atoms with E-state index in [1.54, 1.807) is 4.90 Å². The van der Waals surface area contributed by atoms with Gasteiger partial charge in [0, 0.05) is 38.7 Å². The predicted molar refractivity (Wildman–Crippen MR) is 146 cm³/mol. The highest BCUT2D eigenvalue weighted by Gasteiger charge is 2.31. The molecule has 7 nitrogen and oxygen atoms in total. The van der Waals surface area contributed by atoms with E-state index in [1.807, 2.05) is 6.07 Å². The van der Waals surface area contributed by atoms with Crippen LogP contribution in [0, 0.1) is 17.6 Å². The molecule has 3 rings (SSSR count). The molecule has 1 aliphatic heterocycles. The van der Waals surface area contributed by atoms with E-state index in [-0.39, 0.29) is 42.3 Å². The number of hydrogen-bond donors (Lipinski definition) is 3. The van der Waals surface area contributed by atoms with Gasteiger partial charge in [-0.3, -0.25) is 4.79 Å². The molecule has 3 N–H and O–H groups in total. The number of aliphatic hydroxyl groups excluding tert-OH is 1. The molecule has 0 aromatic heterocycles. The second kappa shape index (κ2) is 13.3. The van der Waals surface area contributed by atoms with Crippen LogP contribution in [0.2, 0.25) is 0 Å². The van der Waals surface area contributed by atoms with Crippen LogP contribution in [0.1, 0.15) is 63.3 Å². The number of likely N-dealkylation sites (tertiary alicyclic amines) is 1. The van der Waals surface area contributed by atoms with E-state index in [2.05, 4.69) is 49.6 Å². The van der Waals surface area contributed by atoms with Crippen LogP contribution in [0.25, 0.3) is 0 Å². The number of benzene rings is 2. The minimum atomic E-state index is -1.02. The Hall–Kier alpha value is -3.04. The SMILES string of the molecule is COC(=O)N1CCC(C(NCC(O)C(Cc2cc(F)cc(F)c2)NC(C)=O)c2cccc(C(C)(C)C)c2)CC1. The van der Waals surface area contributed by atoms with E-state index in [9.17, 15) is 23.5 Å². The molecule has 0 aliphatic carbocycles. The summed E-state index contributed by atoms with van der Waals surface area (Å²) in [4.78, 5) is 25.6. The summed E-state index contributed by atoms with van der Waals surface area (Å²) in [6.45, 7) is 9.08. The quantitative estimate of drug-likeness (QED) is 0.432. The Bertz CT molecular complexity index is 1110. The van der Waals surface area contributed by atoms with Crippen molar-refractivity contribution in [3.05, 3.63) is 70.8 Å². The van der Waals surface area contributed by atoms with Crippen LogP contribution < -0.4 is 10.6 Å². The molecule has 2 aromatic rings. The number of ether oxygens (including phenoxy) is 1. The molecule has 0 saturated carbocycles.